The van der Waals surface area contributed by atoms with Gasteiger partial charge in [0.25, 0.3) is 5.97 Å². The zero-order valence-electron chi connectivity index (χ0n) is 27.3. The number of aliphatic carboxylic acids is 5. The van der Waals surface area contributed by atoms with Gasteiger partial charge in [-0.05, 0) is 6.42 Å². The smallest absolute Gasteiger partial charge is 0.481 e. The SMILES string of the molecule is CC(=O)O.CCC(=O)O.CCCCCCCCCCCCCCCCCC(=O)O.O.O.O=C(O)C(=O)O.O=C(O)O.O=S(=O)(O)O.[Y]. The van der Waals surface area contributed by atoms with E-state index in [0.29, 0.717) is 6.42 Å². The molecule has 19 nitrogen and oxygen atoms in total. The van der Waals surface area contributed by atoms with Gasteiger partial charge in [0.15, 0.2) is 0 Å². The molecule has 0 fully saturated rings. The number of unbranched alkanes of at least 4 members (excludes halogenated alkanes) is 14. The molecule has 13 N–H and O–H groups in total. The van der Waals surface area contributed by atoms with E-state index in [4.69, 9.17) is 72.4 Å². The predicted molar refractivity (Wildman–Crippen MR) is 166 cm³/mol. The summed E-state index contributed by atoms with van der Waals surface area (Å²) in [6.07, 6.45) is 18.6. The minimum Gasteiger partial charge on any atom is -0.481 e. The molecule has 283 valence electrons. The van der Waals surface area contributed by atoms with E-state index in [1.807, 2.05) is 0 Å². The van der Waals surface area contributed by atoms with Crippen LogP contribution < -0.4 is 0 Å². The number of carboxylic acids is 5. The van der Waals surface area contributed by atoms with Crippen molar-refractivity contribution in [2.24, 2.45) is 0 Å². The van der Waals surface area contributed by atoms with Crippen LogP contribution >= 0.6 is 0 Å². The molecule has 0 saturated carbocycles. The van der Waals surface area contributed by atoms with Gasteiger partial charge in [0.1, 0.15) is 0 Å². The van der Waals surface area contributed by atoms with Crippen molar-refractivity contribution in [3.05, 3.63) is 0 Å². The molecular formula is C26H56O19SY. The average molecular weight is 794 g/mol. The third-order valence-corrected chi connectivity index (χ3v) is 4.48. The largest absolute Gasteiger partial charge is 0.503 e. The second kappa shape index (κ2) is 53.0. The van der Waals surface area contributed by atoms with Crippen molar-refractivity contribution in [2.75, 3.05) is 0 Å². The van der Waals surface area contributed by atoms with Crippen molar-refractivity contribution in [3.8, 4) is 0 Å². The van der Waals surface area contributed by atoms with Crippen molar-refractivity contribution in [2.45, 2.75) is 130 Å². The summed E-state index contributed by atoms with van der Waals surface area (Å²) in [5.41, 5.74) is 0. The molecule has 0 aliphatic rings. The van der Waals surface area contributed by atoms with Crippen LogP contribution in [0.5, 0.6) is 0 Å². The molecule has 0 aromatic carbocycles. The van der Waals surface area contributed by atoms with Crippen LogP contribution in [0.2, 0.25) is 0 Å². The summed E-state index contributed by atoms with van der Waals surface area (Å²) in [7, 11) is -4.67. The molecule has 0 aliphatic heterocycles. The molecule has 0 aromatic heterocycles. The van der Waals surface area contributed by atoms with Crippen LogP contribution in [-0.2, 0) is 67.1 Å². The summed E-state index contributed by atoms with van der Waals surface area (Å²) in [6.45, 7) is 4.95. The standard InChI is InChI=1S/C18H36O2.C3H6O2.C2H2O4.C2H4O2.CH2O3.H2O4S.2H2O.Y/c1-2-3-4-5-6-7-8-9-10-11-12-13-14-15-16-17-18(19)20;1-2-3(4)5;3-1(4)2(5)6;1-2(3)4;2-1(3)4;1-5(2,3)4;;;/h2-17H2,1H3,(H,19,20);2H2,1H3,(H,4,5);(H,3,4)(H,5,6);1H3,(H,3,4);(H2,2,3,4);(H2,1,2,3,4);2*1H2;. The summed E-state index contributed by atoms with van der Waals surface area (Å²) < 4.78 is 31.6. The van der Waals surface area contributed by atoms with Crippen molar-refractivity contribution in [1.29, 1.82) is 0 Å². The fourth-order valence-corrected chi connectivity index (χ4v) is 2.65. The van der Waals surface area contributed by atoms with Gasteiger partial charge >= 0.3 is 40.4 Å². The molecule has 0 amide bonds. The quantitative estimate of drug-likeness (QED) is 0.0571. The Morgan fingerprint density at radius 1 is 0.489 bits per heavy atom. The molecule has 0 rings (SSSR count). The third kappa shape index (κ3) is 178. The first-order chi connectivity index (χ1) is 20.1. The first-order valence-corrected chi connectivity index (χ1v) is 15.3. The van der Waals surface area contributed by atoms with E-state index in [9.17, 15) is 9.59 Å². The summed E-state index contributed by atoms with van der Waals surface area (Å²) in [5, 5.41) is 52.4. The van der Waals surface area contributed by atoms with Crippen molar-refractivity contribution in [1.82, 2.24) is 0 Å². The molecule has 0 heterocycles. The Labute approximate surface area is 300 Å². The summed E-state index contributed by atoms with van der Waals surface area (Å²) in [6, 6.07) is 0. The van der Waals surface area contributed by atoms with Gasteiger partial charge in [-0.25, -0.2) is 14.4 Å². The molecule has 0 atom stereocenters. The topological polar surface area (TPSA) is 382 Å². The van der Waals surface area contributed by atoms with Gasteiger partial charge in [-0.15, -0.1) is 0 Å². The number of hydrogen-bond donors (Lipinski definition) is 9. The number of hydrogen-bond acceptors (Lipinski definition) is 8. The fourth-order valence-electron chi connectivity index (χ4n) is 2.65. The van der Waals surface area contributed by atoms with E-state index < -0.39 is 46.4 Å². The summed E-state index contributed by atoms with van der Waals surface area (Å²) in [4.78, 5) is 55.5. The van der Waals surface area contributed by atoms with Crippen molar-refractivity contribution in [3.63, 3.8) is 0 Å². The van der Waals surface area contributed by atoms with E-state index >= 15 is 0 Å². The minimum absolute atomic E-state index is 0. The number of carboxylic acid groups (broad SMARTS) is 7. The van der Waals surface area contributed by atoms with Gasteiger partial charge in [-0.3, -0.25) is 23.5 Å². The first kappa shape index (κ1) is 66.8. The zero-order chi connectivity index (χ0) is 36.0. The number of rotatable bonds is 17. The fraction of sp³-hybridized carbons (Fsp3) is 0.769. The maximum Gasteiger partial charge on any atom is 0.503 e. The number of carbonyl (C=O) groups is 6. The Hall–Kier alpha value is -2.49. The van der Waals surface area contributed by atoms with Crippen LogP contribution in [0.1, 0.15) is 130 Å². The summed E-state index contributed by atoms with van der Waals surface area (Å²) in [5.74, 6) is -5.88. The average Bonchev–Trinajstić information content (AvgIpc) is 2.85. The van der Waals surface area contributed by atoms with E-state index in [1.54, 1.807) is 6.92 Å². The first-order valence-electron chi connectivity index (χ1n) is 13.9. The van der Waals surface area contributed by atoms with E-state index in [0.717, 1.165) is 19.8 Å². The minimum atomic E-state index is -4.67. The van der Waals surface area contributed by atoms with Gasteiger partial charge in [0.2, 0.25) is 0 Å². The second-order valence-electron chi connectivity index (χ2n) is 8.70. The Bertz CT molecular complexity index is 796. The van der Waals surface area contributed by atoms with Gasteiger partial charge < -0.3 is 46.7 Å². The summed E-state index contributed by atoms with van der Waals surface area (Å²) >= 11 is 0. The predicted octanol–water partition coefficient (Wildman–Crippen LogP) is 3.98. The maximum atomic E-state index is 10.3. The third-order valence-electron chi connectivity index (χ3n) is 4.48. The van der Waals surface area contributed by atoms with Gasteiger partial charge in [-0.2, -0.15) is 8.42 Å². The zero-order valence-corrected chi connectivity index (χ0v) is 31.0. The molecule has 0 aromatic rings. The molecule has 0 unspecified atom stereocenters. The molecule has 0 spiro atoms. The van der Waals surface area contributed by atoms with Crippen LogP contribution in [0.4, 0.5) is 4.79 Å². The Kier molecular flexibility index (Phi) is 75.4. The molecular weight excluding hydrogens is 737 g/mol. The maximum absolute atomic E-state index is 10.3. The normalized spacial score (nSPS) is 8.62. The second-order valence-corrected chi connectivity index (χ2v) is 9.60. The molecule has 0 aliphatic carbocycles. The van der Waals surface area contributed by atoms with Crippen LogP contribution in [0, 0.1) is 0 Å². The monoisotopic (exact) mass is 793 g/mol. The van der Waals surface area contributed by atoms with Gasteiger partial charge in [-0.1, -0.05) is 104 Å². The molecule has 0 bridgehead atoms. The van der Waals surface area contributed by atoms with Crippen LogP contribution in [0.15, 0.2) is 0 Å². The Morgan fingerprint density at radius 2 is 0.660 bits per heavy atom. The van der Waals surface area contributed by atoms with E-state index in [-0.39, 0.29) is 50.1 Å². The molecule has 47 heavy (non-hydrogen) atoms. The molecule has 0 saturated heterocycles. The van der Waals surface area contributed by atoms with Crippen molar-refractivity contribution < 1.29 is 126 Å². The van der Waals surface area contributed by atoms with E-state index in [2.05, 4.69) is 6.92 Å². The van der Waals surface area contributed by atoms with Crippen molar-refractivity contribution >= 4 is 46.4 Å². The van der Waals surface area contributed by atoms with Crippen LogP contribution in [0.3, 0.4) is 0 Å². The van der Waals surface area contributed by atoms with Gasteiger partial charge in [0, 0.05) is 52.5 Å². The van der Waals surface area contributed by atoms with Crippen LogP contribution in [0.25, 0.3) is 0 Å². The Morgan fingerprint density at radius 3 is 0.787 bits per heavy atom. The van der Waals surface area contributed by atoms with E-state index in [1.165, 1.54) is 83.5 Å². The molecule has 21 heteroatoms. The Balaban J connectivity index is -0.0000000627. The van der Waals surface area contributed by atoms with Crippen LogP contribution in [-0.4, -0.2) is 100 Å². The van der Waals surface area contributed by atoms with Gasteiger partial charge in [0.05, 0.1) is 0 Å². The molecule has 1 radical (unpaired) electrons.